The van der Waals surface area contributed by atoms with Gasteiger partial charge >= 0.3 is 5.69 Å². The fourth-order valence-corrected chi connectivity index (χ4v) is 3.12. The van der Waals surface area contributed by atoms with Crippen molar-refractivity contribution in [2.75, 3.05) is 12.4 Å². The van der Waals surface area contributed by atoms with E-state index in [9.17, 15) is 10.1 Å². The summed E-state index contributed by atoms with van der Waals surface area (Å²) in [4.78, 5) is 15.2. The van der Waals surface area contributed by atoms with Crippen LogP contribution < -0.4 is 10.1 Å². The summed E-state index contributed by atoms with van der Waals surface area (Å²) in [6, 6.07) is 12.5. The first-order chi connectivity index (χ1) is 11.6. The average Bonchev–Trinajstić information content (AvgIpc) is 3.05. The maximum absolute atomic E-state index is 11.1. The van der Waals surface area contributed by atoms with Gasteiger partial charge < -0.3 is 10.1 Å². The van der Waals surface area contributed by atoms with Gasteiger partial charge in [-0.3, -0.25) is 10.1 Å². The summed E-state index contributed by atoms with van der Waals surface area (Å²) >= 11 is 4.82. The highest BCUT2D eigenvalue weighted by atomic mass is 79.9. The molecule has 25 heavy (non-hydrogen) atoms. The monoisotopic (exact) mass is 485 g/mol. The van der Waals surface area contributed by atoms with Crippen LogP contribution in [0.1, 0.15) is 0 Å². The van der Waals surface area contributed by atoms with Gasteiger partial charge in [-0.1, -0.05) is 15.9 Å². The molecule has 130 valence electrons. The Morgan fingerprint density at radius 1 is 1.24 bits per heavy atom. The zero-order valence-corrected chi connectivity index (χ0v) is 17.0. The molecule has 0 radical (unpaired) electrons. The zero-order valence-electron chi connectivity index (χ0n) is 12.9. The van der Waals surface area contributed by atoms with Crippen LogP contribution in [0, 0.1) is 10.1 Å². The molecule has 0 amide bonds. The lowest BCUT2D eigenvalue weighted by Gasteiger charge is -2.04. The van der Waals surface area contributed by atoms with Gasteiger partial charge in [-0.2, -0.15) is 0 Å². The number of nitro benzene ring substituents is 1. The van der Waals surface area contributed by atoms with E-state index < -0.39 is 4.92 Å². The predicted molar refractivity (Wildman–Crippen MR) is 109 cm³/mol. The third kappa shape index (κ3) is 4.56. The van der Waals surface area contributed by atoms with E-state index in [1.165, 1.54) is 24.5 Å². The summed E-state index contributed by atoms with van der Waals surface area (Å²) in [6.45, 7) is 0. The molecular formula is C16H13Br2N3O3S. The molecule has 1 aromatic heterocycles. The fourth-order valence-electron chi connectivity index (χ4n) is 2.11. The molecule has 0 saturated heterocycles. The normalized spacial score (nSPS) is 10.0. The van der Waals surface area contributed by atoms with Crippen molar-refractivity contribution in [1.29, 1.82) is 0 Å². The molecule has 6 nitrogen and oxygen atoms in total. The predicted octanol–water partition coefficient (Wildman–Crippen LogP) is 5.81. The van der Waals surface area contributed by atoms with Crippen molar-refractivity contribution < 1.29 is 9.66 Å². The second kappa shape index (κ2) is 8.41. The number of aromatic nitrogens is 1. The first-order valence-corrected chi connectivity index (χ1v) is 8.55. The molecule has 0 aliphatic carbocycles. The summed E-state index contributed by atoms with van der Waals surface area (Å²) in [7, 11) is 1.41. The van der Waals surface area contributed by atoms with Crippen LogP contribution in [0.25, 0.3) is 11.3 Å². The number of hydrogen-bond donors (Lipinski definition) is 1. The smallest absolute Gasteiger partial charge is 0.311 e. The Bertz CT molecular complexity index is 885. The molecule has 0 saturated carbocycles. The summed E-state index contributed by atoms with van der Waals surface area (Å²) in [5.74, 6) is 0.229. The van der Waals surface area contributed by atoms with E-state index in [2.05, 4.69) is 26.2 Å². The zero-order chi connectivity index (χ0) is 17.1. The molecule has 3 rings (SSSR count). The molecule has 2 aromatic carbocycles. The van der Waals surface area contributed by atoms with Crippen LogP contribution in [0.3, 0.4) is 0 Å². The second-order valence-corrected chi connectivity index (χ2v) is 6.59. The minimum absolute atomic E-state index is 0. The largest absolute Gasteiger partial charge is 0.490 e. The van der Waals surface area contributed by atoms with Crippen molar-refractivity contribution in [3.8, 4) is 17.0 Å². The number of nitrogens with zero attached hydrogens (tertiary/aromatic N) is 2. The number of anilines is 2. The summed E-state index contributed by atoms with van der Waals surface area (Å²) in [6.07, 6.45) is 0. The highest BCUT2D eigenvalue weighted by Crippen LogP contribution is 2.34. The molecule has 0 aliphatic heterocycles. The highest BCUT2D eigenvalue weighted by Gasteiger charge is 2.17. The molecule has 3 aromatic rings. The van der Waals surface area contributed by atoms with Crippen molar-refractivity contribution in [3.05, 3.63) is 62.4 Å². The Morgan fingerprint density at radius 3 is 2.60 bits per heavy atom. The molecule has 9 heteroatoms. The Labute approximate surface area is 166 Å². The topological polar surface area (TPSA) is 77.3 Å². The van der Waals surface area contributed by atoms with Gasteiger partial charge in [-0.15, -0.1) is 28.3 Å². The average molecular weight is 487 g/mol. The number of halogens is 2. The van der Waals surface area contributed by atoms with Gasteiger partial charge in [0, 0.05) is 27.2 Å². The van der Waals surface area contributed by atoms with Gasteiger partial charge in [0.1, 0.15) is 0 Å². The molecule has 0 fully saturated rings. The Balaban J connectivity index is 0.00000225. The highest BCUT2D eigenvalue weighted by molar-refractivity contribution is 9.10. The lowest BCUT2D eigenvalue weighted by molar-refractivity contribution is -0.385. The van der Waals surface area contributed by atoms with Crippen LogP contribution in [-0.4, -0.2) is 17.0 Å². The van der Waals surface area contributed by atoms with Gasteiger partial charge in [0.15, 0.2) is 10.9 Å². The maximum atomic E-state index is 11.1. The minimum Gasteiger partial charge on any atom is -0.490 e. The van der Waals surface area contributed by atoms with E-state index in [1.54, 1.807) is 12.1 Å². The number of nitrogens with one attached hydrogen (secondary N) is 1. The third-order valence-electron chi connectivity index (χ3n) is 3.27. The summed E-state index contributed by atoms with van der Waals surface area (Å²) < 4.78 is 6.01. The number of ether oxygens (including phenoxy) is 1. The van der Waals surface area contributed by atoms with Crippen LogP contribution in [0.4, 0.5) is 16.5 Å². The van der Waals surface area contributed by atoms with Crippen molar-refractivity contribution >= 4 is 60.8 Å². The second-order valence-electron chi connectivity index (χ2n) is 4.81. The van der Waals surface area contributed by atoms with Gasteiger partial charge in [0.2, 0.25) is 0 Å². The van der Waals surface area contributed by atoms with E-state index in [-0.39, 0.29) is 28.4 Å². The van der Waals surface area contributed by atoms with Gasteiger partial charge in [0.05, 0.1) is 17.7 Å². The lowest BCUT2D eigenvalue weighted by Crippen LogP contribution is -1.94. The third-order valence-corrected chi connectivity index (χ3v) is 4.56. The molecule has 0 unspecified atom stereocenters. The molecule has 0 spiro atoms. The van der Waals surface area contributed by atoms with Gasteiger partial charge in [0.25, 0.3) is 0 Å². The van der Waals surface area contributed by atoms with Crippen LogP contribution >= 0.6 is 44.2 Å². The maximum Gasteiger partial charge on any atom is 0.311 e. The summed E-state index contributed by atoms with van der Waals surface area (Å²) in [5.41, 5.74) is 2.18. The van der Waals surface area contributed by atoms with Crippen molar-refractivity contribution in [2.45, 2.75) is 0 Å². The quantitative estimate of drug-likeness (QED) is 0.363. The molecule has 0 bridgehead atoms. The summed E-state index contributed by atoms with van der Waals surface area (Å²) in [5, 5.41) is 16.9. The van der Waals surface area contributed by atoms with E-state index in [0.29, 0.717) is 16.4 Å². The lowest BCUT2D eigenvalue weighted by atomic mass is 10.1. The number of hydrogen-bond acceptors (Lipinski definition) is 6. The van der Waals surface area contributed by atoms with Crippen molar-refractivity contribution in [3.63, 3.8) is 0 Å². The van der Waals surface area contributed by atoms with Gasteiger partial charge in [-0.05, 0) is 36.4 Å². The Hall–Kier alpha value is -1.97. The molecule has 0 atom stereocenters. The first-order valence-electron chi connectivity index (χ1n) is 6.88. The molecular weight excluding hydrogens is 474 g/mol. The van der Waals surface area contributed by atoms with E-state index in [0.717, 1.165) is 10.2 Å². The van der Waals surface area contributed by atoms with Crippen molar-refractivity contribution in [1.82, 2.24) is 4.98 Å². The fraction of sp³-hybridized carbons (Fsp3) is 0.0625. The minimum atomic E-state index is -0.463. The van der Waals surface area contributed by atoms with Crippen LogP contribution in [0.2, 0.25) is 0 Å². The number of rotatable bonds is 5. The number of nitro groups is 1. The van der Waals surface area contributed by atoms with Crippen molar-refractivity contribution in [2.24, 2.45) is 0 Å². The van der Waals surface area contributed by atoms with E-state index >= 15 is 0 Å². The van der Waals surface area contributed by atoms with Crippen LogP contribution in [0.5, 0.6) is 5.75 Å². The van der Waals surface area contributed by atoms with E-state index in [1.807, 2.05) is 29.6 Å². The SMILES string of the molecule is Br.COc1ccc(-c2csc(Nc3ccc(Br)cc3)n2)cc1[N+](=O)[O-]. The Morgan fingerprint density at radius 2 is 1.96 bits per heavy atom. The standard InChI is InChI=1S/C16H12BrN3O3S.BrH/c1-23-15-7-2-10(8-14(15)20(21)22)13-9-24-16(19-13)18-12-5-3-11(17)4-6-12;/h2-9H,1H3,(H,18,19);1H. The Kier molecular flexibility index (Phi) is 6.51. The molecule has 1 N–H and O–H groups in total. The number of methoxy groups -OCH3 is 1. The molecule has 1 heterocycles. The molecule has 0 aliphatic rings. The number of thiazole rings is 1. The van der Waals surface area contributed by atoms with Crippen LogP contribution in [0.15, 0.2) is 52.3 Å². The van der Waals surface area contributed by atoms with Crippen LogP contribution in [-0.2, 0) is 0 Å². The van der Waals surface area contributed by atoms with Gasteiger partial charge in [-0.25, -0.2) is 4.98 Å². The first kappa shape index (κ1) is 19.4. The van der Waals surface area contributed by atoms with E-state index in [4.69, 9.17) is 4.74 Å². The number of benzene rings is 2.